The number of benzene rings is 1. The lowest BCUT2D eigenvalue weighted by atomic mass is 10.1. The standard InChI is InChI=1S/C11H13BrFNS/c1-7-4-5-15-11(14-7)9-3-2-8(12)6-10(9)13/h2-3,6-7,11,14H,4-5H2,1H3. The molecule has 0 aromatic heterocycles. The molecule has 0 bridgehead atoms. The van der Waals surface area contributed by atoms with E-state index in [4.69, 9.17) is 0 Å². The molecule has 1 aliphatic heterocycles. The third-order valence-corrected chi connectivity index (χ3v) is 4.20. The molecule has 1 heterocycles. The average Bonchev–Trinajstić information content (AvgIpc) is 2.17. The number of halogens is 2. The Bertz CT molecular complexity index is 358. The van der Waals surface area contributed by atoms with E-state index in [0.29, 0.717) is 6.04 Å². The first-order valence-corrected chi connectivity index (χ1v) is 6.83. The molecule has 2 rings (SSSR count). The van der Waals surface area contributed by atoms with Gasteiger partial charge >= 0.3 is 0 Å². The van der Waals surface area contributed by atoms with Crippen molar-refractivity contribution in [3.05, 3.63) is 34.1 Å². The number of nitrogens with one attached hydrogen (secondary N) is 1. The maximum absolute atomic E-state index is 13.7. The van der Waals surface area contributed by atoms with E-state index in [0.717, 1.165) is 22.2 Å². The highest BCUT2D eigenvalue weighted by molar-refractivity contribution is 9.10. The van der Waals surface area contributed by atoms with Crippen molar-refractivity contribution < 1.29 is 4.39 Å². The molecule has 0 amide bonds. The molecule has 1 aromatic rings. The summed E-state index contributed by atoms with van der Waals surface area (Å²) in [5.41, 5.74) is 0.759. The van der Waals surface area contributed by atoms with Gasteiger partial charge in [0.05, 0.1) is 5.37 Å². The van der Waals surface area contributed by atoms with E-state index in [1.54, 1.807) is 11.8 Å². The van der Waals surface area contributed by atoms with Gasteiger partial charge in [0.25, 0.3) is 0 Å². The van der Waals surface area contributed by atoms with Crippen LogP contribution in [0.5, 0.6) is 0 Å². The van der Waals surface area contributed by atoms with Crippen molar-refractivity contribution >= 4 is 27.7 Å². The highest BCUT2D eigenvalue weighted by Crippen LogP contribution is 2.33. The van der Waals surface area contributed by atoms with Gasteiger partial charge in [0.2, 0.25) is 0 Å². The van der Waals surface area contributed by atoms with E-state index in [1.165, 1.54) is 6.07 Å². The van der Waals surface area contributed by atoms with E-state index in [1.807, 2.05) is 12.1 Å². The summed E-state index contributed by atoms with van der Waals surface area (Å²) in [5, 5.41) is 3.50. The number of hydrogen-bond donors (Lipinski definition) is 1. The molecular formula is C11H13BrFNS. The highest BCUT2D eigenvalue weighted by atomic mass is 79.9. The summed E-state index contributed by atoms with van der Waals surface area (Å²) in [6.45, 7) is 2.14. The molecule has 1 nitrogen and oxygen atoms in total. The number of thioether (sulfide) groups is 1. The van der Waals surface area contributed by atoms with E-state index < -0.39 is 0 Å². The second-order valence-electron chi connectivity index (χ2n) is 3.77. The largest absolute Gasteiger partial charge is 0.299 e. The summed E-state index contributed by atoms with van der Waals surface area (Å²) in [7, 11) is 0. The zero-order valence-corrected chi connectivity index (χ0v) is 10.9. The SMILES string of the molecule is CC1CCSC(c2ccc(Br)cc2F)N1. The highest BCUT2D eigenvalue weighted by Gasteiger charge is 2.22. The van der Waals surface area contributed by atoms with Gasteiger partial charge in [0.1, 0.15) is 5.82 Å². The monoisotopic (exact) mass is 289 g/mol. The fourth-order valence-electron chi connectivity index (χ4n) is 1.65. The van der Waals surface area contributed by atoms with E-state index in [2.05, 4.69) is 28.2 Å². The smallest absolute Gasteiger partial charge is 0.129 e. The van der Waals surface area contributed by atoms with Gasteiger partial charge in [0.15, 0.2) is 0 Å². The molecule has 1 fully saturated rings. The minimum absolute atomic E-state index is 0.0989. The average molecular weight is 290 g/mol. The fourth-order valence-corrected chi connectivity index (χ4v) is 3.40. The topological polar surface area (TPSA) is 12.0 Å². The van der Waals surface area contributed by atoms with Crippen LogP contribution in [0.25, 0.3) is 0 Å². The first kappa shape index (κ1) is 11.4. The molecule has 82 valence electrons. The molecule has 0 aliphatic carbocycles. The third kappa shape index (κ3) is 2.74. The fraction of sp³-hybridized carbons (Fsp3) is 0.455. The Morgan fingerprint density at radius 3 is 3.00 bits per heavy atom. The molecule has 15 heavy (non-hydrogen) atoms. The van der Waals surface area contributed by atoms with Crippen LogP contribution < -0.4 is 5.32 Å². The van der Waals surface area contributed by atoms with Gasteiger partial charge in [-0.15, -0.1) is 11.8 Å². The van der Waals surface area contributed by atoms with Crippen molar-refractivity contribution in [1.29, 1.82) is 0 Å². The third-order valence-electron chi connectivity index (χ3n) is 2.52. The molecule has 2 atom stereocenters. The molecule has 0 spiro atoms. The Hall–Kier alpha value is -0.0600. The van der Waals surface area contributed by atoms with E-state index in [9.17, 15) is 4.39 Å². The summed E-state index contributed by atoms with van der Waals surface area (Å²) in [4.78, 5) is 0. The molecule has 0 saturated carbocycles. The van der Waals surface area contributed by atoms with Crippen LogP contribution in [-0.4, -0.2) is 11.8 Å². The van der Waals surface area contributed by atoms with Crippen molar-refractivity contribution in [1.82, 2.24) is 5.32 Å². The van der Waals surface area contributed by atoms with Crippen LogP contribution >= 0.6 is 27.7 Å². The Morgan fingerprint density at radius 2 is 2.33 bits per heavy atom. The molecular weight excluding hydrogens is 277 g/mol. The van der Waals surface area contributed by atoms with Gasteiger partial charge in [-0.25, -0.2) is 4.39 Å². The first-order valence-electron chi connectivity index (χ1n) is 4.99. The minimum atomic E-state index is -0.136. The Labute approximate surface area is 102 Å². The van der Waals surface area contributed by atoms with Crippen LogP contribution in [0.2, 0.25) is 0 Å². The lowest BCUT2D eigenvalue weighted by Gasteiger charge is -2.28. The van der Waals surface area contributed by atoms with Gasteiger partial charge < -0.3 is 0 Å². The lowest BCUT2D eigenvalue weighted by Crippen LogP contribution is -2.33. The quantitative estimate of drug-likeness (QED) is 0.846. The first-order chi connectivity index (χ1) is 7.16. The Balaban J connectivity index is 2.21. The maximum Gasteiger partial charge on any atom is 0.129 e. The van der Waals surface area contributed by atoms with Crippen LogP contribution in [-0.2, 0) is 0 Å². The van der Waals surface area contributed by atoms with Crippen molar-refractivity contribution in [2.45, 2.75) is 24.8 Å². The minimum Gasteiger partial charge on any atom is -0.299 e. The zero-order chi connectivity index (χ0) is 10.8. The molecule has 1 N–H and O–H groups in total. The van der Waals surface area contributed by atoms with Crippen molar-refractivity contribution in [2.75, 3.05) is 5.75 Å². The van der Waals surface area contributed by atoms with Gasteiger partial charge in [-0.1, -0.05) is 22.0 Å². The van der Waals surface area contributed by atoms with Crippen LogP contribution in [0.3, 0.4) is 0 Å². The van der Waals surface area contributed by atoms with Gasteiger partial charge in [-0.2, -0.15) is 0 Å². The van der Waals surface area contributed by atoms with Crippen molar-refractivity contribution in [3.63, 3.8) is 0 Å². The number of rotatable bonds is 1. The maximum atomic E-state index is 13.7. The normalized spacial score (nSPS) is 26.6. The molecule has 1 saturated heterocycles. The van der Waals surface area contributed by atoms with Gasteiger partial charge in [-0.3, -0.25) is 5.32 Å². The van der Waals surface area contributed by atoms with Crippen LogP contribution in [0.4, 0.5) is 4.39 Å². The summed E-state index contributed by atoms with van der Waals surface area (Å²) in [6.07, 6.45) is 1.15. The van der Waals surface area contributed by atoms with Crippen LogP contribution in [0.15, 0.2) is 22.7 Å². The van der Waals surface area contributed by atoms with Gasteiger partial charge in [-0.05, 0) is 31.2 Å². The van der Waals surface area contributed by atoms with Crippen LogP contribution in [0, 0.1) is 5.82 Å². The summed E-state index contributed by atoms with van der Waals surface area (Å²) in [6, 6.07) is 5.73. The summed E-state index contributed by atoms with van der Waals surface area (Å²) >= 11 is 5.04. The Kier molecular flexibility index (Phi) is 3.69. The molecule has 1 aromatic carbocycles. The molecule has 2 unspecified atom stereocenters. The zero-order valence-electron chi connectivity index (χ0n) is 8.47. The molecule has 4 heteroatoms. The number of hydrogen-bond acceptors (Lipinski definition) is 2. The molecule has 0 radical (unpaired) electrons. The van der Waals surface area contributed by atoms with E-state index >= 15 is 0 Å². The van der Waals surface area contributed by atoms with Gasteiger partial charge in [0, 0.05) is 16.1 Å². The van der Waals surface area contributed by atoms with Crippen LogP contribution in [0.1, 0.15) is 24.3 Å². The Morgan fingerprint density at radius 1 is 1.53 bits per heavy atom. The molecule has 1 aliphatic rings. The van der Waals surface area contributed by atoms with Crippen molar-refractivity contribution in [2.24, 2.45) is 0 Å². The lowest BCUT2D eigenvalue weighted by molar-refractivity contribution is 0.496. The summed E-state index contributed by atoms with van der Waals surface area (Å²) in [5.74, 6) is 0.956. The van der Waals surface area contributed by atoms with E-state index in [-0.39, 0.29) is 11.2 Å². The predicted molar refractivity (Wildman–Crippen MR) is 66.5 cm³/mol. The second kappa shape index (κ2) is 4.85. The predicted octanol–water partition coefficient (Wildman–Crippen LogP) is 3.70. The summed E-state index contributed by atoms with van der Waals surface area (Å²) < 4.78 is 14.5. The second-order valence-corrected chi connectivity index (χ2v) is 5.90. The van der Waals surface area contributed by atoms with Crippen molar-refractivity contribution in [3.8, 4) is 0 Å².